The van der Waals surface area contributed by atoms with Gasteiger partial charge in [-0.1, -0.05) is 0 Å². The minimum absolute atomic E-state index is 0.0494. The van der Waals surface area contributed by atoms with Crippen LogP contribution in [0.3, 0.4) is 0 Å². The Morgan fingerprint density at radius 1 is 1.21 bits per heavy atom. The highest BCUT2D eigenvalue weighted by Crippen LogP contribution is 2.30. The SMILES string of the molecule is COc1cc(OC)cc(N2CCC(NC(=O)[C@H]3CCC(=O)N3)C2)c1. The van der Waals surface area contributed by atoms with E-state index in [0.717, 1.165) is 36.7 Å². The third-order valence-corrected chi connectivity index (χ3v) is 4.55. The van der Waals surface area contributed by atoms with Gasteiger partial charge < -0.3 is 25.0 Å². The van der Waals surface area contributed by atoms with E-state index in [0.29, 0.717) is 12.8 Å². The first-order valence-corrected chi connectivity index (χ1v) is 8.17. The molecule has 3 rings (SSSR count). The molecule has 2 amide bonds. The van der Waals surface area contributed by atoms with Gasteiger partial charge in [-0.2, -0.15) is 0 Å². The molecule has 2 atom stereocenters. The van der Waals surface area contributed by atoms with E-state index in [1.807, 2.05) is 18.2 Å². The molecule has 0 spiro atoms. The number of carbonyl (C=O) groups excluding carboxylic acids is 2. The van der Waals surface area contributed by atoms with Gasteiger partial charge in [0.2, 0.25) is 11.8 Å². The number of ether oxygens (including phenoxy) is 2. The Morgan fingerprint density at radius 3 is 2.50 bits per heavy atom. The highest BCUT2D eigenvalue weighted by molar-refractivity contribution is 5.90. The second kappa shape index (κ2) is 6.98. The molecule has 2 heterocycles. The van der Waals surface area contributed by atoms with Crippen LogP contribution in [0.25, 0.3) is 0 Å². The highest BCUT2D eigenvalue weighted by Gasteiger charge is 2.31. The number of anilines is 1. The molecule has 1 aromatic rings. The first-order valence-electron chi connectivity index (χ1n) is 8.17. The van der Waals surface area contributed by atoms with E-state index < -0.39 is 0 Å². The van der Waals surface area contributed by atoms with E-state index in [4.69, 9.17) is 9.47 Å². The standard InChI is InChI=1S/C17H23N3O4/c1-23-13-7-12(8-14(9-13)24-2)20-6-5-11(10-20)18-17(22)15-3-4-16(21)19-15/h7-9,11,15H,3-6,10H2,1-2H3,(H,18,22)(H,19,21)/t11?,15-/m1/s1. The lowest BCUT2D eigenvalue weighted by Gasteiger charge is -2.21. The maximum absolute atomic E-state index is 12.2. The van der Waals surface area contributed by atoms with Crippen LogP contribution in [-0.2, 0) is 9.59 Å². The first-order chi connectivity index (χ1) is 11.6. The van der Waals surface area contributed by atoms with Crippen molar-refractivity contribution in [2.24, 2.45) is 0 Å². The van der Waals surface area contributed by atoms with Gasteiger partial charge >= 0.3 is 0 Å². The Bertz CT molecular complexity index is 612. The molecule has 0 radical (unpaired) electrons. The van der Waals surface area contributed by atoms with Crippen LogP contribution in [-0.4, -0.2) is 51.2 Å². The average molecular weight is 333 g/mol. The number of amides is 2. The molecule has 2 aliphatic rings. The Kier molecular flexibility index (Phi) is 4.78. The van der Waals surface area contributed by atoms with E-state index in [1.165, 1.54) is 0 Å². The van der Waals surface area contributed by atoms with Gasteiger partial charge in [-0.25, -0.2) is 0 Å². The van der Waals surface area contributed by atoms with Gasteiger partial charge in [0.25, 0.3) is 0 Å². The maximum atomic E-state index is 12.2. The molecule has 2 aliphatic heterocycles. The van der Waals surface area contributed by atoms with Gasteiger partial charge in [-0.3, -0.25) is 9.59 Å². The lowest BCUT2D eigenvalue weighted by atomic mass is 10.2. The molecule has 0 aromatic heterocycles. The number of hydrogen-bond donors (Lipinski definition) is 2. The Labute approximate surface area is 141 Å². The molecule has 7 nitrogen and oxygen atoms in total. The highest BCUT2D eigenvalue weighted by atomic mass is 16.5. The summed E-state index contributed by atoms with van der Waals surface area (Å²) in [6, 6.07) is 5.45. The van der Waals surface area contributed by atoms with Gasteiger partial charge in [0.05, 0.1) is 14.2 Å². The monoisotopic (exact) mass is 333 g/mol. The summed E-state index contributed by atoms with van der Waals surface area (Å²) in [6.45, 7) is 1.57. The number of nitrogens with one attached hydrogen (secondary N) is 2. The van der Waals surface area contributed by atoms with Crippen LogP contribution in [0.2, 0.25) is 0 Å². The fourth-order valence-corrected chi connectivity index (χ4v) is 3.20. The molecule has 1 aromatic carbocycles. The number of benzene rings is 1. The largest absolute Gasteiger partial charge is 0.497 e. The molecular weight excluding hydrogens is 310 g/mol. The van der Waals surface area contributed by atoms with Crippen molar-refractivity contribution in [1.29, 1.82) is 0 Å². The first kappa shape index (κ1) is 16.4. The molecule has 2 saturated heterocycles. The molecular formula is C17H23N3O4. The van der Waals surface area contributed by atoms with Crippen LogP contribution < -0.4 is 25.0 Å². The number of carbonyl (C=O) groups is 2. The van der Waals surface area contributed by atoms with Gasteiger partial charge in [-0.15, -0.1) is 0 Å². The Balaban J connectivity index is 1.61. The van der Waals surface area contributed by atoms with Crippen LogP contribution in [0, 0.1) is 0 Å². The summed E-state index contributed by atoms with van der Waals surface area (Å²) in [7, 11) is 3.25. The van der Waals surface area contributed by atoms with E-state index in [2.05, 4.69) is 15.5 Å². The van der Waals surface area contributed by atoms with Crippen LogP contribution >= 0.6 is 0 Å². The quantitative estimate of drug-likeness (QED) is 0.828. The van der Waals surface area contributed by atoms with Crippen molar-refractivity contribution in [2.45, 2.75) is 31.3 Å². The second-order valence-corrected chi connectivity index (χ2v) is 6.17. The van der Waals surface area contributed by atoms with Gasteiger partial charge in [0, 0.05) is 49.4 Å². The molecule has 24 heavy (non-hydrogen) atoms. The van der Waals surface area contributed by atoms with Crippen LogP contribution in [0.4, 0.5) is 5.69 Å². The topological polar surface area (TPSA) is 79.9 Å². The molecule has 0 aliphatic carbocycles. The predicted molar refractivity (Wildman–Crippen MR) is 89.5 cm³/mol. The van der Waals surface area contributed by atoms with E-state index >= 15 is 0 Å². The third kappa shape index (κ3) is 3.55. The van der Waals surface area contributed by atoms with Gasteiger partial charge in [0.1, 0.15) is 17.5 Å². The van der Waals surface area contributed by atoms with Gasteiger partial charge in [0.15, 0.2) is 0 Å². The van der Waals surface area contributed by atoms with Gasteiger partial charge in [-0.05, 0) is 12.8 Å². The molecule has 130 valence electrons. The minimum Gasteiger partial charge on any atom is -0.497 e. The number of hydrogen-bond acceptors (Lipinski definition) is 5. The summed E-state index contributed by atoms with van der Waals surface area (Å²) < 4.78 is 10.6. The second-order valence-electron chi connectivity index (χ2n) is 6.17. The van der Waals surface area contributed by atoms with Crippen molar-refractivity contribution in [3.8, 4) is 11.5 Å². The fraction of sp³-hybridized carbons (Fsp3) is 0.529. The van der Waals surface area contributed by atoms with Crippen molar-refractivity contribution in [1.82, 2.24) is 10.6 Å². The molecule has 2 fully saturated rings. The number of rotatable bonds is 5. The van der Waals surface area contributed by atoms with Crippen molar-refractivity contribution >= 4 is 17.5 Å². The molecule has 2 N–H and O–H groups in total. The van der Waals surface area contributed by atoms with Crippen molar-refractivity contribution in [3.05, 3.63) is 18.2 Å². The van der Waals surface area contributed by atoms with Crippen LogP contribution in [0.1, 0.15) is 19.3 Å². The minimum atomic E-state index is -0.386. The summed E-state index contributed by atoms with van der Waals surface area (Å²) in [4.78, 5) is 25.6. The van der Waals surface area contributed by atoms with E-state index in [-0.39, 0.29) is 23.9 Å². The summed E-state index contributed by atoms with van der Waals surface area (Å²) in [6.07, 6.45) is 1.87. The zero-order chi connectivity index (χ0) is 17.1. The predicted octanol–water partition coefficient (Wildman–Crippen LogP) is 0.677. The lowest BCUT2D eigenvalue weighted by Crippen LogP contribution is -2.46. The molecule has 0 bridgehead atoms. The number of methoxy groups -OCH3 is 2. The zero-order valence-electron chi connectivity index (χ0n) is 14.0. The summed E-state index contributed by atoms with van der Waals surface area (Å²) in [5.41, 5.74) is 1.01. The number of nitrogens with zero attached hydrogens (tertiary/aromatic N) is 1. The summed E-state index contributed by atoms with van der Waals surface area (Å²) in [5, 5.41) is 5.74. The van der Waals surface area contributed by atoms with E-state index in [1.54, 1.807) is 14.2 Å². The lowest BCUT2D eigenvalue weighted by molar-refractivity contribution is -0.126. The zero-order valence-corrected chi connectivity index (χ0v) is 14.0. The van der Waals surface area contributed by atoms with Crippen molar-refractivity contribution < 1.29 is 19.1 Å². The summed E-state index contributed by atoms with van der Waals surface area (Å²) >= 11 is 0. The molecule has 1 unspecified atom stereocenters. The van der Waals surface area contributed by atoms with E-state index in [9.17, 15) is 9.59 Å². The third-order valence-electron chi connectivity index (χ3n) is 4.55. The normalized spacial score (nSPS) is 23.1. The fourth-order valence-electron chi connectivity index (χ4n) is 3.20. The summed E-state index contributed by atoms with van der Waals surface area (Å²) in [5.74, 6) is 1.35. The average Bonchev–Trinajstić information content (AvgIpc) is 3.23. The van der Waals surface area contributed by atoms with Crippen LogP contribution in [0.5, 0.6) is 11.5 Å². The Hall–Kier alpha value is -2.44. The Morgan fingerprint density at radius 2 is 1.92 bits per heavy atom. The van der Waals surface area contributed by atoms with Crippen molar-refractivity contribution in [3.63, 3.8) is 0 Å². The smallest absolute Gasteiger partial charge is 0.242 e. The van der Waals surface area contributed by atoms with Crippen molar-refractivity contribution in [2.75, 3.05) is 32.2 Å². The molecule has 7 heteroatoms. The maximum Gasteiger partial charge on any atom is 0.242 e. The molecule has 0 saturated carbocycles. The van der Waals surface area contributed by atoms with Crippen LogP contribution in [0.15, 0.2) is 18.2 Å².